The van der Waals surface area contributed by atoms with E-state index in [4.69, 9.17) is 4.74 Å². The third kappa shape index (κ3) is 2.96. The van der Waals surface area contributed by atoms with Crippen molar-refractivity contribution in [2.24, 2.45) is 0 Å². The summed E-state index contributed by atoms with van der Waals surface area (Å²) in [6, 6.07) is 11.0. The molecule has 0 spiro atoms. The molecule has 3 heterocycles. The number of ether oxygens (including phenoxy) is 1. The van der Waals surface area contributed by atoms with Gasteiger partial charge >= 0.3 is 5.97 Å². The summed E-state index contributed by atoms with van der Waals surface area (Å²) in [6.45, 7) is 2.45. The molecular formula is C19H19N3O3. The van der Waals surface area contributed by atoms with Gasteiger partial charge in [-0.05, 0) is 29.8 Å². The molecule has 1 aromatic carbocycles. The van der Waals surface area contributed by atoms with E-state index in [9.17, 15) is 9.90 Å². The van der Waals surface area contributed by atoms with Crippen molar-refractivity contribution < 1.29 is 14.6 Å². The zero-order valence-corrected chi connectivity index (χ0v) is 14.0. The van der Waals surface area contributed by atoms with E-state index in [1.54, 1.807) is 19.2 Å². The Morgan fingerprint density at radius 1 is 1.36 bits per heavy atom. The minimum absolute atomic E-state index is 0.320. The first-order valence-electron chi connectivity index (χ1n) is 8.23. The summed E-state index contributed by atoms with van der Waals surface area (Å²) in [5.41, 5.74) is 4.67. The van der Waals surface area contributed by atoms with E-state index in [-0.39, 0.29) is 0 Å². The van der Waals surface area contributed by atoms with Gasteiger partial charge in [-0.25, -0.2) is 9.78 Å². The van der Waals surface area contributed by atoms with E-state index in [2.05, 4.69) is 14.9 Å². The van der Waals surface area contributed by atoms with E-state index < -0.39 is 5.97 Å². The highest BCUT2D eigenvalue weighted by Crippen LogP contribution is 2.29. The largest absolute Gasteiger partial charge is 0.481 e. The molecule has 0 amide bonds. The number of carbonyl (C=O) groups is 1. The molecule has 2 N–H and O–H groups in total. The van der Waals surface area contributed by atoms with Gasteiger partial charge in [0.1, 0.15) is 0 Å². The van der Waals surface area contributed by atoms with Crippen molar-refractivity contribution in [1.29, 1.82) is 0 Å². The lowest BCUT2D eigenvalue weighted by Crippen LogP contribution is -2.30. The Balaban J connectivity index is 1.62. The molecule has 1 aliphatic rings. The Morgan fingerprint density at radius 2 is 2.24 bits per heavy atom. The maximum absolute atomic E-state index is 11.3. The van der Waals surface area contributed by atoms with Crippen molar-refractivity contribution in [1.82, 2.24) is 14.9 Å². The fraction of sp³-hybridized carbons (Fsp3) is 0.263. The summed E-state index contributed by atoms with van der Waals surface area (Å²) >= 11 is 0. The predicted molar refractivity (Wildman–Crippen MR) is 93.9 cm³/mol. The van der Waals surface area contributed by atoms with Crippen molar-refractivity contribution in [3.8, 4) is 5.88 Å². The molecule has 0 saturated carbocycles. The van der Waals surface area contributed by atoms with E-state index in [1.807, 2.05) is 24.3 Å². The van der Waals surface area contributed by atoms with E-state index >= 15 is 0 Å². The number of H-pyrrole nitrogens is 1. The lowest BCUT2D eigenvalue weighted by Gasteiger charge is -2.26. The minimum Gasteiger partial charge on any atom is -0.481 e. The molecule has 3 aromatic rings. The number of methoxy groups -OCH3 is 1. The van der Waals surface area contributed by atoms with Gasteiger partial charge in [0.15, 0.2) is 0 Å². The lowest BCUT2D eigenvalue weighted by molar-refractivity contribution is 0.0697. The first-order chi connectivity index (χ1) is 12.1. The molecule has 0 aliphatic carbocycles. The Labute approximate surface area is 145 Å². The second kappa shape index (κ2) is 6.22. The van der Waals surface area contributed by atoms with Crippen molar-refractivity contribution >= 4 is 16.9 Å². The van der Waals surface area contributed by atoms with E-state index in [1.165, 1.54) is 11.3 Å². The van der Waals surface area contributed by atoms with Crippen molar-refractivity contribution in [2.45, 2.75) is 19.5 Å². The summed E-state index contributed by atoms with van der Waals surface area (Å²) in [5, 5.41) is 10.2. The molecule has 0 atom stereocenters. The van der Waals surface area contributed by atoms with Crippen LogP contribution in [0.5, 0.6) is 5.88 Å². The first kappa shape index (κ1) is 15.7. The third-order valence-electron chi connectivity index (χ3n) is 4.68. The Hall–Kier alpha value is -2.86. The lowest BCUT2D eigenvalue weighted by atomic mass is 10.0. The highest BCUT2D eigenvalue weighted by molar-refractivity contribution is 5.95. The number of aromatic nitrogens is 2. The highest BCUT2D eigenvalue weighted by atomic mass is 16.5. The first-order valence-corrected chi connectivity index (χ1v) is 8.23. The van der Waals surface area contributed by atoms with Crippen LogP contribution >= 0.6 is 0 Å². The standard InChI is InChI=1S/C19H19N3O3/c1-25-18-4-2-3-13(20-18)10-22-8-7-17-15(11-22)14-9-12(19(23)24)5-6-16(14)21-17/h2-6,9,21H,7-8,10-11H2,1H3,(H,23,24). The zero-order chi connectivity index (χ0) is 17.4. The van der Waals surface area contributed by atoms with Gasteiger partial charge in [-0.2, -0.15) is 0 Å². The second-order valence-electron chi connectivity index (χ2n) is 6.28. The topological polar surface area (TPSA) is 78.5 Å². The number of aromatic amines is 1. The maximum Gasteiger partial charge on any atom is 0.335 e. The molecule has 6 heteroatoms. The van der Waals surface area contributed by atoms with E-state index in [0.717, 1.165) is 42.7 Å². The summed E-state index contributed by atoms with van der Waals surface area (Å²) in [5.74, 6) is -0.279. The fourth-order valence-corrected chi connectivity index (χ4v) is 3.43. The number of rotatable bonds is 4. The molecule has 0 bridgehead atoms. The third-order valence-corrected chi connectivity index (χ3v) is 4.68. The molecular weight excluding hydrogens is 318 g/mol. The Bertz CT molecular complexity index is 948. The molecule has 4 rings (SSSR count). The highest BCUT2D eigenvalue weighted by Gasteiger charge is 2.21. The van der Waals surface area contributed by atoms with Crippen molar-refractivity contribution in [3.63, 3.8) is 0 Å². The van der Waals surface area contributed by atoms with Crippen LogP contribution in [0, 0.1) is 0 Å². The Morgan fingerprint density at radius 3 is 3.04 bits per heavy atom. The molecule has 6 nitrogen and oxygen atoms in total. The monoisotopic (exact) mass is 337 g/mol. The molecule has 2 aromatic heterocycles. The van der Waals surface area contributed by atoms with Gasteiger partial charge in [-0.15, -0.1) is 0 Å². The van der Waals surface area contributed by atoms with Crippen LogP contribution in [0.4, 0.5) is 0 Å². The normalized spacial score (nSPS) is 14.4. The van der Waals surface area contributed by atoms with Crippen LogP contribution in [0.3, 0.4) is 0 Å². The number of pyridine rings is 1. The predicted octanol–water partition coefficient (Wildman–Crippen LogP) is 2.83. The number of hydrogen-bond acceptors (Lipinski definition) is 4. The summed E-state index contributed by atoms with van der Waals surface area (Å²) < 4.78 is 5.19. The molecule has 25 heavy (non-hydrogen) atoms. The number of carboxylic acid groups (broad SMARTS) is 1. The number of carboxylic acids is 1. The summed E-state index contributed by atoms with van der Waals surface area (Å²) in [7, 11) is 1.62. The number of aromatic carboxylic acids is 1. The van der Waals surface area contributed by atoms with Gasteiger partial charge in [-0.1, -0.05) is 6.07 Å². The Kier molecular flexibility index (Phi) is 3.89. The van der Waals surface area contributed by atoms with Gasteiger partial charge in [0.2, 0.25) is 5.88 Å². The van der Waals surface area contributed by atoms with Crippen LogP contribution in [0.2, 0.25) is 0 Å². The quantitative estimate of drug-likeness (QED) is 0.765. The van der Waals surface area contributed by atoms with Gasteiger partial charge < -0.3 is 14.8 Å². The number of nitrogens with one attached hydrogen (secondary N) is 1. The van der Waals surface area contributed by atoms with Crippen LogP contribution in [-0.2, 0) is 19.5 Å². The smallest absolute Gasteiger partial charge is 0.335 e. The number of fused-ring (bicyclic) bond motifs is 3. The van der Waals surface area contributed by atoms with Gasteiger partial charge in [0.25, 0.3) is 0 Å². The number of nitrogens with zero attached hydrogens (tertiary/aromatic N) is 2. The number of benzene rings is 1. The van der Waals surface area contributed by atoms with Crippen molar-refractivity contribution in [2.75, 3.05) is 13.7 Å². The average molecular weight is 337 g/mol. The van der Waals surface area contributed by atoms with Crippen LogP contribution in [0.25, 0.3) is 10.9 Å². The molecule has 0 fully saturated rings. The minimum atomic E-state index is -0.898. The SMILES string of the molecule is COc1cccc(CN2CCc3[nH]c4ccc(C(=O)O)cc4c3C2)n1. The molecule has 0 unspecified atom stereocenters. The molecule has 128 valence electrons. The van der Waals surface area contributed by atoms with Crippen LogP contribution in [0.1, 0.15) is 27.3 Å². The molecule has 0 saturated heterocycles. The van der Waals surface area contributed by atoms with Gasteiger partial charge in [-0.3, -0.25) is 4.90 Å². The second-order valence-corrected chi connectivity index (χ2v) is 6.28. The summed E-state index contributed by atoms with van der Waals surface area (Å²) in [6.07, 6.45) is 0.913. The van der Waals surface area contributed by atoms with Crippen LogP contribution in [-0.4, -0.2) is 39.6 Å². The maximum atomic E-state index is 11.3. The van der Waals surface area contributed by atoms with Crippen LogP contribution < -0.4 is 4.74 Å². The molecule has 1 aliphatic heterocycles. The fourth-order valence-electron chi connectivity index (χ4n) is 3.43. The number of hydrogen-bond donors (Lipinski definition) is 2. The van der Waals surface area contributed by atoms with E-state index in [0.29, 0.717) is 11.4 Å². The van der Waals surface area contributed by atoms with Gasteiger partial charge in [0.05, 0.1) is 18.4 Å². The average Bonchev–Trinajstić information content (AvgIpc) is 2.99. The summed E-state index contributed by atoms with van der Waals surface area (Å²) in [4.78, 5) is 21.5. The zero-order valence-electron chi connectivity index (χ0n) is 14.0. The van der Waals surface area contributed by atoms with Crippen molar-refractivity contribution in [3.05, 3.63) is 58.9 Å². The van der Waals surface area contributed by atoms with Gasteiger partial charge in [0, 0.05) is 48.7 Å². The molecule has 0 radical (unpaired) electrons. The van der Waals surface area contributed by atoms with Crippen LogP contribution in [0.15, 0.2) is 36.4 Å².